The number of hydrogen-bond donors (Lipinski definition) is 0. The Bertz CT molecular complexity index is 211. The largest absolute Gasteiger partial charge is 0.548 e. The highest BCUT2D eigenvalue weighted by Gasteiger charge is 2.16. The first-order valence-electron chi connectivity index (χ1n) is 5.37. The fourth-order valence-corrected chi connectivity index (χ4v) is 2.08. The van der Waals surface area contributed by atoms with Crippen molar-refractivity contribution in [1.29, 1.82) is 0 Å². The third kappa shape index (κ3) is 8.11. The summed E-state index contributed by atoms with van der Waals surface area (Å²) in [5, 5.41) is 0. The Morgan fingerprint density at radius 2 is 1.93 bits per heavy atom. The number of hydrogen-bond acceptors (Lipinski definition) is 1. The molecule has 0 aromatic carbocycles. The van der Waals surface area contributed by atoms with Crippen LogP contribution in [0.15, 0.2) is 24.0 Å². The van der Waals surface area contributed by atoms with Gasteiger partial charge in [-0.2, -0.15) is 0 Å². The Kier molecular flexibility index (Phi) is 5.85. The molecule has 0 N–H and O–H groups in total. The summed E-state index contributed by atoms with van der Waals surface area (Å²) in [6.07, 6.45) is 5.44. The predicted molar refractivity (Wildman–Crippen MR) is 66.9 cm³/mol. The minimum Gasteiger partial charge on any atom is -0.548 e. The number of rotatable bonds is 6. The molecule has 0 rings (SSSR count). The molecular formula is C12H24OSi. The Hall–Kier alpha value is -0.503. The normalized spacial score (nSPS) is 12.8. The van der Waals surface area contributed by atoms with Crippen molar-refractivity contribution in [3.05, 3.63) is 24.0 Å². The third-order valence-electron chi connectivity index (χ3n) is 1.92. The van der Waals surface area contributed by atoms with Gasteiger partial charge in [-0.25, -0.2) is 0 Å². The number of allylic oxidation sites excluding steroid dienone is 3. The van der Waals surface area contributed by atoms with Crippen LogP contribution in [-0.4, -0.2) is 8.32 Å². The van der Waals surface area contributed by atoms with Crippen molar-refractivity contribution in [2.24, 2.45) is 0 Å². The quantitative estimate of drug-likeness (QED) is 0.358. The predicted octanol–water partition coefficient (Wildman–Crippen LogP) is 4.49. The maximum atomic E-state index is 5.77. The van der Waals surface area contributed by atoms with Crippen LogP contribution in [0.4, 0.5) is 0 Å². The molecule has 0 atom stereocenters. The van der Waals surface area contributed by atoms with Crippen molar-refractivity contribution in [3.63, 3.8) is 0 Å². The Morgan fingerprint density at radius 3 is 2.36 bits per heavy atom. The Morgan fingerprint density at radius 1 is 1.36 bits per heavy atom. The molecule has 1 nitrogen and oxygen atoms in total. The van der Waals surface area contributed by atoms with E-state index in [1.165, 1.54) is 5.57 Å². The summed E-state index contributed by atoms with van der Waals surface area (Å²) < 4.78 is 5.77. The molecule has 82 valence electrons. The van der Waals surface area contributed by atoms with E-state index in [4.69, 9.17) is 4.43 Å². The van der Waals surface area contributed by atoms with E-state index in [0.717, 1.165) is 25.0 Å². The molecule has 2 heteroatoms. The van der Waals surface area contributed by atoms with Gasteiger partial charge in [-0.3, -0.25) is 0 Å². The first kappa shape index (κ1) is 13.5. The molecule has 0 spiro atoms. The van der Waals surface area contributed by atoms with Crippen LogP contribution < -0.4 is 0 Å². The zero-order valence-corrected chi connectivity index (χ0v) is 11.3. The van der Waals surface area contributed by atoms with Gasteiger partial charge in [-0.05, 0) is 39.4 Å². The maximum Gasteiger partial charge on any atom is 0.241 e. The molecule has 0 aliphatic rings. The average Bonchev–Trinajstić information content (AvgIpc) is 2.00. The van der Waals surface area contributed by atoms with Gasteiger partial charge in [0, 0.05) is 6.42 Å². The Labute approximate surface area is 90.0 Å². The van der Waals surface area contributed by atoms with Crippen LogP contribution in [0, 0.1) is 0 Å². The molecule has 0 saturated carbocycles. The van der Waals surface area contributed by atoms with Crippen molar-refractivity contribution in [2.45, 2.75) is 52.8 Å². The lowest BCUT2D eigenvalue weighted by atomic mass is 10.1. The summed E-state index contributed by atoms with van der Waals surface area (Å²) in [4.78, 5) is 0. The first-order valence-corrected chi connectivity index (χ1v) is 8.78. The molecule has 14 heavy (non-hydrogen) atoms. The SMILES string of the molecule is C=C(CCC=C(C)CC)O[Si](C)(C)C. The molecule has 0 aromatic rings. The monoisotopic (exact) mass is 212 g/mol. The van der Waals surface area contributed by atoms with E-state index in [9.17, 15) is 0 Å². The van der Waals surface area contributed by atoms with Crippen LogP contribution in [0.1, 0.15) is 33.1 Å². The van der Waals surface area contributed by atoms with Gasteiger partial charge in [0.2, 0.25) is 8.32 Å². The van der Waals surface area contributed by atoms with Gasteiger partial charge in [0.15, 0.2) is 0 Å². The van der Waals surface area contributed by atoms with Crippen molar-refractivity contribution < 1.29 is 4.43 Å². The average molecular weight is 212 g/mol. The van der Waals surface area contributed by atoms with Crippen LogP contribution in [0.25, 0.3) is 0 Å². The van der Waals surface area contributed by atoms with Gasteiger partial charge in [-0.1, -0.05) is 25.2 Å². The third-order valence-corrected chi connectivity index (χ3v) is 2.83. The van der Waals surface area contributed by atoms with E-state index in [-0.39, 0.29) is 0 Å². The van der Waals surface area contributed by atoms with Gasteiger partial charge in [0.05, 0.1) is 5.76 Å². The van der Waals surface area contributed by atoms with E-state index in [1.807, 2.05) is 0 Å². The molecule has 0 amide bonds. The topological polar surface area (TPSA) is 9.23 Å². The lowest BCUT2D eigenvalue weighted by Crippen LogP contribution is -2.24. The van der Waals surface area contributed by atoms with Crippen LogP contribution in [0.3, 0.4) is 0 Å². The van der Waals surface area contributed by atoms with Crippen molar-refractivity contribution in [2.75, 3.05) is 0 Å². The summed E-state index contributed by atoms with van der Waals surface area (Å²) >= 11 is 0. The van der Waals surface area contributed by atoms with E-state index in [0.29, 0.717) is 0 Å². The van der Waals surface area contributed by atoms with Crippen molar-refractivity contribution in [1.82, 2.24) is 0 Å². The van der Waals surface area contributed by atoms with E-state index in [1.54, 1.807) is 0 Å². The zero-order valence-electron chi connectivity index (χ0n) is 10.3. The molecule has 0 heterocycles. The van der Waals surface area contributed by atoms with Crippen LogP contribution in [-0.2, 0) is 4.43 Å². The van der Waals surface area contributed by atoms with Crippen molar-refractivity contribution in [3.8, 4) is 0 Å². The first-order chi connectivity index (χ1) is 6.35. The van der Waals surface area contributed by atoms with Crippen molar-refractivity contribution >= 4 is 8.32 Å². The second-order valence-corrected chi connectivity index (χ2v) is 9.12. The molecule has 0 aliphatic heterocycles. The Balaban J connectivity index is 3.76. The highest BCUT2D eigenvalue weighted by atomic mass is 28.4. The summed E-state index contributed by atoms with van der Waals surface area (Å²) in [7, 11) is -1.43. The van der Waals surface area contributed by atoms with Crippen LogP contribution in [0.2, 0.25) is 19.6 Å². The van der Waals surface area contributed by atoms with E-state index in [2.05, 4.69) is 46.1 Å². The summed E-state index contributed by atoms with van der Waals surface area (Å²) in [6.45, 7) is 14.9. The standard InChI is InChI=1S/C12H24OSi/c1-7-11(2)9-8-10-12(3)13-14(4,5)6/h9H,3,7-8,10H2,1-2,4-6H3. The molecule has 0 fully saturated rings. The van der Waals surface area contributed by atoms with Crippen LogP contribution >= 0.6 is 0 Å². The molecule has 0 bridgehead atoms. The summed E-state index contributed by atoms with van der Waals surface area (Å²) in [5.41, 5.74) is 1.45. The zero-order chi connectivity index (χ0) is 11.2. The van der Waals surface area contributed by atoms with E-state index < -0.39 is 8.32 Å². The van der Waals surface area contributed by atoms with Gasteiger partial charge in [0.1, 0.15) is 0 Å². The molecule has 0 radical (unpaired) electrons. The highest BCUT2D eigenvalue weighted by Crippen LogP contribution is 2.14. The fourth-order valence-electron chi connectivity index (χ4n) is 1.11. The van der Waals surface area contributed by atoms with Gasteiger partial charge in [0.25, 0.3) is 0 Å². The molecular weight excluding hydrogens is 188 g/mol. The van der Waals surface area contributed by atoms with Gasteiger partial charge < -0.3 is 4.43 Å². The fraction of sp³-hybridized carbons (Fsp3) is 0.667. The second-order valence-electron chi connectivity index (χ2n) is 4.70. The molecule has 0 saturated heterocycles. The lowest BCUT2D eigenvalue weighted by molar-refractivity contribution is 0.403. The summed E-state index contributed by atoms with van der Waals surface area (Å²) in [5.74, 6) is 0.948. The van der Waals surface area contributed by atoms with Gasteiger partial charge >= 0.3 is 0 Å². The highest BCUT2D eigenvalue weighted by molar-refractivity contribution is 6.70. The summed E-state index contributed by atoms with van der Waals surface area (Å²) in [6, 6.07) is 0. The molecule has 0 aliphatic carbocycles. The maximum absolute atomic E-state index is 5.77. The van der Waals surface area contributed by atoms with Gasteiger partial charge in [-0.15, -0.1) is 0 Å². The lowest BCUT2D eigenvalue weighted by Gasteiger charge is -2.20. The smallest absolute Gasteiger partial charge is 0.241 e. The second kappa shape index (κ2) is 6.07. The minimum atomic E-state index is -1.43. The van der Waals surface area contributed by atoms with E-state index >= 15 is 0 Å². The molecule has 0 aromatic heterocycles. The van der Waals surface area contributed by atoms with Crippen LogP contribution in [0.5, 0.6) is 0 Å². The molecule has 0 unspecified atom stereocenters. The minimum absolute atomic E-state index is 0.948.